The van der Waals surface area contributed by atoms with Crippen molar-refractivity contribution in [3.63, 3.8) is 0 Å². The smallest absolute Gasteiger partial charge is 0.316 e. The van der Waals surface area contributed by atoms with Crippen molar-refractivity contribution >= 4 is 17.6 Å². The number of nitrogens with one attached hydrogen (secondary N) is 1. The lowest BCUT2D eigenvalue weighted by Gasteiger charge is -2.10. The van der Waals surface area contributed by atoms with Crippen LogP contribution in [-0.4, -0.2) is 41.8 Å². The lowest BCUT2D eigenvalue weighted by atomic mass is 10.2. The summed E-state index contributed by atoms with van der Waals surface area (Å²) in [7, 11) is 3.36. The van der Waals surface area contributed by atoms with Crippen LogP contribution in [0.2, 0.25) is 5.02 Å². The topological polar surface area (TPSA) is 71.3 Å². The number of carbonyl (C=O) groups excluding carboxylic acids is 1. The molecule has 106 valence electrons. The molecule has 0 atom stereocenters. The standard InChI is InChI=1S/C13H15ClN4O2/c1-18(2)13(19)15-8-7-11-16-17-12(20-11)9-3-5-10(14)6-4-9/h3-6H,7-8H2,1-2H3,(H,15,19). The molecule has 0 aliphatic carbocycles. The Hall–Kier alpha value is -2.08. The first kappa shape index (κ1) is 14.3. The van der Waals surface area contributed by atoms with Gasteiger partial charge in [0.05, 0.1) is 0 Å². The summed E-state index contributed by atoms with van der Waals surface area (Å²) in [6, 6.07) is 7.00. The van der Waals surface area contributed by atoms with E-state index in [1.165, 1.54) is 4.90 Å². The fraction of sp³-hybridized carbons (Fsp3) is 0.308. The predicted octanol–water partition coefficient (Wildman–Crippen LogP) is 2.20. The molecule has 0 aliphatic heterocycles. The van der Waals surface area contributed by atoms with Gasteiger partial charge in [0.25, 0.3) is 0 Å². The number of urea groups is 1. The van der Waals surface area contributed by atoms with E-state index in [0.717, 1.165) is 5.56 Å². The minimum atomic E-state index is -0.151. The van der Waals surface area contributed by atoms with Crippen molar-refractivity contribution in [2.75, 3.05) is 20.6 Å². The van der Waals surface area contributed by atoms with E-state index in [0.29, 0.717) is 29.8 Å². The summed E-state index contributed by atoms with van der Waals surface area (Å²) in [6.07, 6.45) is 0.486. The highest BCUT2D eigenvalue weighted by molar-refractivity contribution is 6.30. The molecule has 1 N–H and O–H groups in total. The van der Waals surface area contributed by atoms with Crippen LogP contribution in [0.15, 0.2) is 28.7 Å². The zero-order valence-electron chi connectivity index (χ0n) is 11.3. The Morgan fingerprint density at radius 2 is 2.00 bits per heavy atom. The molecule has 0 fully saturated rings. The van der Waals surface area contributed by atoms with Gasteiger partial charge in [-0.15, -0.1) is 10.2 Å². The maximum Gasteiger partial charge on any atom is 0.316 e. The number of carbonyl (C=O) groups is 1. The van der Waals surface area contributed by atoms with E-state index in [9.17, 15) is 4.79 Å². The van der Waals surface area contributed by atoms with Crippen molar-refractivity contribution in [3.8, 4) is 11.5 Å². The van der Waals surface area contributed by atoms with Gasteiger partial charge >= 0.3 is 6.03 Å². The number of benzene rings is 1. The van der Waals surface area contributed by atoms with Gasteiger partial charge in [0.15, 0.2) is 0 Å². The molecule has 1 aromatic carbocycles. The number of hydrogen-bond donors (Lipinski definition) is 1. The molecule has 7 heteroatoms. The van der Waals surface area contributed by atoms with E-state index in [1.54, 1.807) is 26.2 Å². The maximum atomic E-state index is 11.3. The van der Waals surface area contributed by atoms with Crippen molar-refractivity contribution in [1.82, 2.24) is 20.4 Å². The molecule has 2 rings (SSSR count). The van der Waals surface area contributed by atoms with Crippen LogP contribution < -0.4 is 5.32 Å². The van der Waals surface area contributed by atoms with Crippen LogP contribution in [0.4, 0.5) is 4.79 Å². The Labute approximate surface area is 121 Å². The zero-order valence-corrected chi connectivity index (χ0v) is 12.0. The van der Waals surface area contributed by atoms with Crippen LogP contribution in [0.25, 0.3) is 11.5 Å². The minimum Gasteiger partial charge on any atom is -0.421 e. The summed E-state index contributed by atoms with van der Waals surface area (Å²) in [5.41, 5.74) is 0.811. The highest BCUT2D eigenvalue weighted by Crippen LogP contribution is 2.20. The van der Waals surface area contributed by atoms with Crippen LogP contribution in [0, 0.1) is 0 Å². The second-order valence-corrected chi connectivity index (χ2v) is 4.82. The molecule has 0 radical (unpaired) electrons. The number of halogens is 1. The van der Waals surface area contributed by atoms with Crippen LogP contribution in [0.5, 0.6) is 0 Å². The maximum absolute atomic E-state index is 11.3. The Bertz CT molecular complexity index is 580. The van der Waals surface area contributed by atoms with Gasteiger partial charge < -0.3 is 14.6 Å². The zero-order chi connectivity index (χ0) is 14.5. The van der Waals surface area contributed by atoms with Gasteiger partial charge in [-0.3, -0.25) is 0 Å². The SMILES string of the molecule is CN(C)C(=O)NCCc1nnc(-c2ccc(Cl)cc2)o1. The summed E-state index contributed by atoms with van der Waals surface area (Å²) in [5.74, 6) is 0.921. The monoisotopic (exact) mass is 294 g/mol. The van der Waals surface area contributed by atoms with E-state index in [1.807, 2.05) is 12.1 Å². The number of rotatable bonds is 4. The molecule has 0 saturated carbocycles. The van der Waals surface area contributed by atoms with Crippen molar-refractivity contribution < 1.29 is 9.21 Å². The second-order valence-electron chi connectivity index (χ2n) is 4.38. The quantitative estimate of drug-likeness (QED) is 0.938. The Morgan fingerprint density at radius 1 is 1.30 bits per heavy atom. The van der Waals surface area contributed by atoms with Gasteiger partial charge in [0.2, 0.25) is 11.8 Å². The predicted molar refractivity (Wildman–Crippen MR) is 75.5 cm³/mol. The fourth-order valence-corrected chi connectivity index (χ4v) is 1.62. The van der Waals surface area contributed by atoms with Crippen molar-refractivity contribution in [1.29, 1.82) is 0 Å². The molecule has 2 aromatic rings. The molecular formula is C13H15ClN4O2. The third kappa shape index (κ3) is 3.71. The summed E-state index contributed by atoms with van der Waals surface area (Å²) in [5, 5.41) is 11.3. The van der Waals surface area contributed by atoms with Crippen molar-refractivity contribution in [3.05, 3.63) is 35.2 Å². The van der Waals surface area contributed by atoms with Crippen LogP contribution in [0.1, 0.15) is 5.89 Å². The first-order valence-corrected chi connectivity index (χ1v) is 6.47. The van der Waals surface area contributed by atoms with Gasteiger partial charge in [-0.2, -0.15) is 0 Å². The summed E-state index contributed by atoms with van der Waals surface area (Å²) >= 11 is 5.82. The third-order valence-corrected chi connectivity index (χ3v) is 2.83. The molecule has 0 unspecified atom stereocenters. The average molecular weight is 295 g/mol. The average Bonchev–Trinajstić information content (AvgIpc) is 2.88. The molecule has 0 saturated heterocycles. The minimum absolute atomic E-state index is 0.151. The molecular weight excluding hydrogens is 280 g/mol. The first-order valence-electron chi connectivity index (χ1n) is 6.10. The van der Waals surface area contributed by atoms with E-state index in [-0.39, 0.29) is 6.03 Å². The van der Waals surface area contributed by atoms with Crippen LogP contribution in [-0.2, 0) is 6.42 Å². The van der Waals surface area contributed by atoms with Gasteiger partial charge in [-0.25, -0.2) is 4.79 Å². The summed E-state index contributed by atoms with van der Waals surface area (Å²) in [4.78, 5) is 12.8. The van der Waals surface area contributed by atoms with Gasteiger partial charge in [-0.1, -0.05) is 11.6 Å². The van der Waals surface area contributed by atoms with Gasteiger partial charge in [0, 0.05) is 37.6 Å². The molecule has 1 aromatic heterocycles. The highest BCUT2D eigenvalue weighted by atomic mass is 35.5. The van der Waals surface area contributed by atoms with E-state index >= 15 is 0 Å². The fourth-order valence-electron chi connectivity index (χ4n) is 1.50. The van der Waals surface area contributed by atoms with Crippen LogP contribution in [0.3, 0.4) is 0 Å². The third-order valence-electron chi connectivity index (χ3n) is 2.58. The van der Waals surface area contributed by atoms with E-state index < -0.39 is 0 Å². The highest BCUT2D eigenvalue weighted by Gasteiger charge is 2.09. The Kier molecular flexibility index (Phi) is 4.57. The van der Waals surface area contributed by atoms with Crippen LogP contribution >= 0.6 is 11.6 Å². The number of hydrogen-bond acceptors (Lipinski definition) is 4. The molecule has 0 aliphatic rings. The molecule has 20 heavy (non-hydrogen) atoms. The lowest BCUT2D eigenvalue weighted by Crippen LogP contribution is -2.35. The van der Waals surface area contributed by atoms with E-state index in [2.05, 4.69) is 15.5 Å². The lowest BCUT2D eigenvalue weighted by molar-refractivity contribution is 0.217. The molecule has 2 amide bonds. The normalized spacial score (nSPS) is 10.3. The Morgan fingerprint density at radius 3 is 2.65 bits per heavy atom. The largest absolute Gasteiger partial charge is 0.421 e. The Balaban J connectivity index is 1.92. The summed E-state index contributed by atoms with van der Waals surface area (Å²) < 4.78 is 5.52. The summed E-state index contributed by atoms with van der Waals surface area (Å²) in [6.45, 7) is 0.444. The van der Waals surface area contributed by atoms with Gasteiger partial charge in [-0.05, 0) is 24.3 Å². The van der Waals surface area contributed by atoms with Crippen molar-refractivity contribution in [2.45, 2.75) is 6.42 Å². The second kappa shape index (κ2) is 6.38. The number of aromatic nitrogens is 2. The molecule has 0 spiro atoms. The molecule has 1 heterocycles. The van der Waals surface area contributed by atoms with Crippen molar-refractivity contribution in [2.24, 2.45) is 0 Å². The van der Waals surface area contributed by atoms with Gasteiger partial charge in [0.1, 0.15) is 0 Å². The molecule has 6 nitrogen and oxygen atoms in total. The first-order chi connectivity index (χ1) is 9.56. The van der Waals surface area contributed by atoms with E-state index in [4.69, 9.17) is 16.0 Å². The number of amides is 2. The number of nitrogens with zero attached hydrogens (tertiary/aromatic N) is 3. The molecule has 0 bridgehead atoms.